The van der Waals surface area contributed by atoms with Gasteiger partial charge in [-0.2, -0.15) is 0 Å². The molecule has 0 saturated heterocycles. The van der Waals surface area contributed by atoms with Gasteiger partial charge in [-0.1, -0.05) is 28.1 Å². The second-order valence-electron chi connectivity index (χ2n) is 4.65. The molecule has 1 aromatic carbocycles. The Kier molecular flexibility index (Phi) is 5.11. The molecule has 0 aliphatic heterocycles. The lowest BCUT2D eigenvalue weighted by atomic mass is 10.2. The Morgan fingerprint density at radius 2 is 2.33 bits per heavy atom. The van der Waals surface area contributed by atoms with Gasteiger partial charge in [0.2, 0.25) is 5.89 Å². The highest BCUT2D eigenvalue weighted by Gasteiger charge is 2.20. The first kappa shape index (κ1) is 15.7. The van der Waals surface area contributed by atoms with E-state index >= 15 is 0 Å². The summed E-state index contributed by atoms with van der Waals surface area (Å²) < 4.78 is 6.06. The highest BCUT2D eigenvalue weighted by molar-refractivity contribution is 9.10. The predicted octanol–water partition coefficient (Wildman–Crippen LogP) is 1.75. The molecule has 6 nitrogen and oxygen atoms in total. The van der Waals surface area contributed by atoms with Crippen LogP contribution in [0.25, 0.3) is 0 Å². The second-order valence-corrected chi connectivity index (χ2v) is 5.57. The Hall–Kier alpha value is -1.70. The summed E-state index contributed by atoms with van der Waals surface area (Å²) in [6.07, 6.45) is 0.426. The van der Waals surface area contributed by atoms with Crippen molar-refractivity contribution in [2.45, 2.75) is 25.6 Å². The molecule has 112 valence electrons. The maximum absolute atomic E-state index is 12.0. The smallest absolute Gasteiger partial charge is 0.273 e. The van der Waals surface area contributed by atoms with Crippen molar-refractivity contribution in [3.05, 3.63) is 52.1 Å². The molecule has 0 saturated carbocycles. The van der Waals surface area contributed by atoms with Gasteiger partial charge in [-0.05, 0) is 24.6 Å². The number of aromatic nitrogens is 1. The van der Waals surface area contributed by atoms with Crippen molar-refractivity contribution in [1.82, 2.24) is 10.3 Å². The summed E-state index contributed by atoms with van der Waals surface area (Å²) in [4.78, 5) is 15.9. The summed E-state index contributed by atoms with van der Waals surface area (Å²) in [6, 6.07) is 6.87. The number of nitrogens with one attached hydrogen (secondary N) is 1. The lowest BCUT2D eigenvalue weighted by molar-refractivity contribution is 0.0945. The topological polar surface area (TPSA) is 101 Å². The number of carbonyl (C=O) groups is 1. The molecule has 0 radical (unpaired) electrons. The van der Waals surface area contributed by atoms with Crippen LogP contribution in [0.5, 0.6) is 0 Å². The van der Waals surface area contributed by atoms with E-state index in [1.807, 2.05) is 24.3 Å². The summed E-state index contributed by atoms with van der Waals surface area (Å²) in [5.41, 5.74) is 6.79. The average molecular weight is 354 g/mol. The van der Waals surface area contributed by atoms with Crippen LogP contribution in [0.4, 0.5) is 0 Å². The molecule has 0 bridgehead atoms. The van der Waals surface area contributed by atoms with Gasteiger partial charge in [0, 0.05) is 11.0 Å². The lowest BCUT2D eigenvalue weighted by Gasteiger charge is -2.09. The summed E-state index contributed by atoms with van der Waals surface area (Å²) >= 11 is 3.37. The largest absolute Gasteiger partial charge is 0.446 e. The van der Waals surface area contributed by atoms with E-state index in [9.17, 15) is 9.90 Å². The van der Waals surface area contributed by atoms with E-state index in [0.29, 0.717) is 6.54 Å². The number of benzene rings is 1. The molecule has 1 amide bonds. The molecule has 21 heavy (non-hydrogen) atoms. The van der Waals surface area contributed by atoms with E-state index in [4.69, 9.17) is 10.2 Å². The number of oxazole rings is 1. The fourth-order valence-electron chi connectivity index (χ4n) is 1.67. The monoisotopic (exact) mass is 353 g/mol. The number of rotatable bonds is 5. The van der Waals surface area contributed by atoms with Crippen molar-refractivity contribution in [2.24, 2.45) is 5.73 Å². The molecule has 4 N–H and O–H groups in total. The minimum absolute atomic E-state index is 0.135. The van der Waals surface area contributed by atoms with Crippen LogP contribution in [0.1, 0.15) is 34.9 Å². The molecule has 7 heteroatoms. The Bertz CT molecular complexity index is 627. The maximum Gasteiger partial charge on any atom is 0.273 e. The summed E-state index contributed by atoms with van der Waals surface area (Å²) in [5, 5.41) is 12.1. The molecule has 0 aliphatic carbocycles. The number of hydrogen-bond acceptors (Lipinski definition) is 5. The lowest BCUT2D eigenvalue weighted by Crippen LogP contribution is -2.25. The SMILES string of the molecule is CC(O)C(N)c1nc(C(=O)NCc2cccc(Br)c2)co1. The molecule has 2 unspecified atom stereocenters. The molecule has 0 spiro atoms. The van der Waals surface area contributed by atoms with E-state index in [1.54, 1.807) is 0 Å². The zero-order valence-electron chi connectivity index (χ0n) is 11.4. The highest BCUT2D eigenvalue weighted by Crippen LogP contribution is 2.14. The number of halogens is 1. The molecule has 2 rings (SSSR count). The molecular weight excluding hydrogens is 338 g/mol. The molecule has 2 aromatic rings. The first-order valence-electron chi connectivity index (χ1n) is 6.39. The fraction of sp³-hybridized carbons (Fsp3) is 0.286. The Morgan fingerprint density at radius 1 is 1.57 bits per heavy atom. The van der Waals surface area contributed by atoms with E-state index in [1.165, 1.54) is 13.2 Å². The van der Waals surface area contributed by atoms with E-state index in [0.717, 1.165) is 10.0 Å². The molecule has 0 aliphatic rings. The van der Waals surface area contributed by atoms with Crippen LogP contribution in [0, 0.1) is 0 Å². The zero-order chi connectivity index (χ0) is 15.4. The summed E-state index contributed by atoms with van der Waals surface area (Å²) in [5.74, 6) is -0.222. The molecule has 1 aromatic heterocycles. The average Bonchev–Trinajstić information content (AvgIpc) is 2.93. The summed E-state index contributed by atoms with van der Waals surface area (Å²) in [7, 11) is 0. The third-order valence-electron chi connectivity index (χ3n) is 2.90. The molecule has 2 atom stereocenters. The van der Waals surface area contributed by atoms with Gasteiger partial charge in [-0.15, -0.1) is 0 Å². The van der Waals surface area contributed by atoms with Gasteiger partial charge in [-0.25, -0.2) is 4.98 Å². The molecular formula is C14H16BrN3O3. The second kappa shape index (κ2) is 6.84. The van der Waals surface area contributed by atoms with E-state index < -0.39 is 12.1 Å². The third-order valence-corrected chi connectivity index (χ3v) is 3.39. The van der Waals surface area contributed by atoms with Crippen LogP contribution in [-0.4, -0.2) is 22.1 Å². The first-order valence-corrected chi connectivity index (χ1v) is 7.18. The van der Waals surface area contributed by atoms with Crippen molar-refractivity contribution in [1.29, 1.82) is 0 Å². The van der Waals surface area contributed by atoms with Crippen LogP contribution >= 0.6 is 15.9 Å². The predicted molar refractivity (Wildman–Crippen MR) is 80.4 cm³/mol. The number of aliphatic hydroxyl groups excluding tert-OH is 1. The van der Waals surface area contributed by atoms with Gasteiger partial charge in [-0.3, -0.25) is 4.79 Å². The van der Waals surface area contributed by atoms with Gasteiger partial charge in [0.25, 0.3) is 5.91 Å². The minimum Gasteiger partial charge on any atom is -0.446 e. The third kappa shape index (κ3) is 4.13. The number of carbonyl (C=O) groups excluding carboxylic acids is 1. The maximum atomic E-state index is 12.0. The number of nitrogens with two attached hydrogens (primary N) is 1. The molecule has 0 fully saturated rings. The number of amides is 1. The van der Waals surface area contributed by atoms with Crippen molar-refractivity contribution >= 4 is 21.8 Å². The number of aliphatic hydroxyl groups is 1. The van der Waals surface area contributed by atoms with E-state index in [2.05, 4.69) is 26.2 Å². The highest BCUT2D eigenvalue weighted by atomic mass is 79.9. The zero-order valence-corrected chi connectivity index (χ0v) is 13.0. The number of hydrogen-bond donors (Lipinski definition) is 3. The van der Waals surface area contributed by atoms with Crippen molar-refractivity contribution in [3.8, 4) is 0 Å². The standard InChI is InChI=1S/C14H16BrN3O3/c1-8(19)12(16)14-18-11(7-21-14)13(20)17-6-9-3-2-4-10(15)5-9/h2-5,7-8,12,19H,6,16H2,1H3,(H,17,20). The quantitative estimate of drug-likeness (QED) is 0.759. The van der Waals surface area contributed by atoms with Gasteiger partial charge in [0.1, 0.15) is 12.3 Å². The van der Waals surface area contributed by atoms with Gasteiger partial charge >= 0.3 is 0 Å². The van der Waals surface area contributed by atoms with E-state index in [-0.39, 0.29) is 17.5 Å². The Morgan fingerprint density at radius 3 is 3.00 bits per heavy atom. The van der Waals surface area contributed by atoms with Crippen LogP contribution in [0.2, 0.25) is 0 Å². The van der Waals surface area contributed by atoms with Crippen molar-refractivity contribution in [2.75, 3.05) is 0 Å². The van der Waals surface area contributed by atoms with Crippen LogP contribution < -0.4 is 11.1 Å². The van der Waals surface area contributed by atoms with Gasteiger partial charge in [0.05, 0.1) is 6.10 Å². The Labute approximate surface area is 130 Å². The first-order chi connectivity index (χ1) is 9.97. The fourth-order valence-corrected chi connectivity index (χ4v) is 2.12. The van der Waals surface area contributed by atoms with Crippen LogP contribution in [-0.2, 0) is 6.54 Å². The van der Waals surface area contributed by atoms with Gasteiger partial charge < -0.3 is 20.6 Å². The Balaban J connectivity index is 1.98. The van der Waals surface area contributed by atoms with Crippen molar-refractivity contribution < 1.29 is 14.3 Å². The normalized spacial score (nSPS) is 13.7. The number of nitrogens with zero attached hydrogens (tertiary/aromatic N) is 1. The summed E-state index contributed by atoms with van der Waals surface area (Å²) in [6.45, 7) is 1.91. The van der Waals surface area contributed by atoms with Crippen molar-refractivity contribution in [3.63, 3.8) is 0 Å². The van der Waals surface area contributed by atoms with Gasteiger partial charge in [0.15, 0.2) is 5.69 Å². The van der Waals surface area contributed by atoms with Crippen LogP contribution in [0.3, 0.4) is 0 Å². The van der Waals surface area contributed by atoms with Crippen LogP contribution in [0.15, 0.2) is 39.4 Å². The molecule has 1 heterocycles. The minimum atomic E-state index is -0.804.